The van der Waals surface area contributed by atoms with Gasteiger partial charge in [-0.2, -0.15) is 0 Å². The summed E-state index contributed by atoms with van der Waals surface area (Å²) in [6.45, 7) is 8.02. The second-order valence-electron chi connectivity index (χ2n) is 5.40. The summed E-state index contributed by atoms with van der Waals surface area (Å²) in [5.41, 5.74) is -0.0706. The molecule has 0 aromatic rings. The summed E-state index contributed by atoms with van der Waals surface area (Å²) >= 11 is 0. The van der Waals surface area contributed by atoms with Gasteiger partial charge in [0.2, 0.25) is 5.91 Å². The second-order valence-corrected chi connectivity index (χ2v) is 5.40. The van der Waals surface area contributed by atoms with Gasteiger partial charge in [-0.3, -0.25) is 4.79 Å². The number of hydrogen-bond donors (Lipinski definition) is 0. The number of nitrogens with zero attached hydrogens (tertiary/aromatic N) is 1. The Morgan fingerprint density at radius 2 is 2.18 bits per heavy atom. The monoisotopic (exact) mass is 245 g/mol. The van der Waals surface area contributed by atoms with Gasteiger partial charge in [-0.05, 0) is 18.3 Å². The summed E-state index contributed by atoms with van der Waals surface area (Å²) in [6, 6.07) is 0. The van der Waals surface area contributed by atoms with E-state index in [2.05, 4.69) is 4.74 Å². The van der Waals surface area contributed by atoms with Crippen LogP contribution in [0, 0.1) is 11.3 Å². The number of halogens is 1. The van der Waals surface area contributed by atoms with E-state index in [1.54, 1.807) is 6.92 Å². The minimum Gasteiger partial charge on any atom is -0.462 e. The molecule has 2 unspecified atom stereocenters. The van der Waals surface area contributed by atoms with Crippen LogP contribution in [0.2, 0.25) is 0 Å². The first-order chi connectivity index (χ1) is 7.77. The van der Waals surface area contributed by atoms with Crippen molar-refractivity contribution in [3.8, 4) is 0 Å². The van der Waals surface area contributed by atoms with E-state index < -0.39 is 12.3 Å². The van der Waals surface area contributed by atoms with Crippen molar-refractivity contribution in [2.75, 3.05) is 13.2 Å². The van der Waals surface area contributed by atoms with Crippen molar-refractivity contribution in [1.82, 2.24) is 4.90 Å². The second kappa shape index (κ2) is 5.02. The maximum absolute atomic E-state index is 13.7. The van der Waals surface area contributed by atoms with Gasteiger partial charge in [0, 0.05) is 13.0 Å². The molecule has 4 nitrogen and oxygen atoms in total. The molecule has 1 rings (SSSR count). The standard InChI is InChI=1S/C12H20FNO3/c1-5-17-11(16)10(13)14-7-8(6-9(14)15)12(2,3)4/h8,10H,5-7H2,1-4H3. The van der Waals surface area contributed by atoms with Crippen LogP contribution in [0.25, 0.3) is 0 Å². The van der Waals surface area contributed by atoms with Gasteiger partial charge in [0.1, 0.15) is 0 Å². The van der Waals surface area contributed by atoms with Crippen LogP contribution in [0.4, 0.5) is 4.39 Å². The molecule has 0 radical (unpaired) electrons. The Labute approximate surface area is 101 Å². The molecule has 5 heteroatoms. The minimum absolute atomic E-state index is 0.0706. The van der Waals surface area contributed by atoms with Crippen molar-refractivity contribution in [1.29, 1.82) is 0 Å². The lowest BCUT2D eigenvalue weighted by Gasteiger charge is -2.27. The smallest absolute Gasteiger partial charge is 0.362 e. The Morgan fingerprint density at radius 3 is 2.59 bits per heavy atom. The Hall–Kier alpha value is -1.13. The minimum atomic E-state index is -1.96. The number of esters is 1. The number of hydrogen-bond acceptors (Lipinski definition) is 3. The number of alkyl halides is 1. The number of likely N-dealkylation sites (tertiary alicyclic amines) is 1. The molecule has 1 heterocycles. The summed E-state index contributed by atoms with van der Waals surface area (Å²) < 4.78 is 18.3. The van der Waals surface area contributed by atoms with E-state index in [0.717, 1.165) is 4.90 Å². The average Bonchev–Trinajstić information content (AvgIpc) is 2.59. The van der Waals surface area contributed by atoms with E-state index in [-0.39, 0.29) is 30.4 Å². The third-order valence-corrected chi connectivity index (χ3v) is 3.14. The topological polar surface area (TPSA) is 46.6 Å². The molecule has 0 aromatic carbocycles. The predicted molar refractivity (Wildman–Crippen MR) is 60.8 cm³/mol. The van der Waals surface area contributed by atoms with Gasteiger partial charge in [-0.15, -0.1) is 0 Å². The van der Waals surface area contributed by atoms with Crippen molar-refractivity contribution in [2.45, 2.75) is 40.4 Å². The molecule has 1 amide bonds. The highest BCUT2D eigenvalue weighted by Crippen LogP contribution is 2.35. The van der Waals surface area contributed by atoms with Crippen molar-refractivity contribution in [2.24, 2.45) is 11.3 Å². The summed E-state index contributed by atoms with van der Waals surface area (Å²) in [6.07, 6.45) is -1.67. The summed E-state index contributed by atoms with van der Waals surface area (Å²) in [5, 5.41) is 0. The SMILES string of the molecule is CCOC(=O)C(F)N1CC(C(C)(C)C)CC1=O. The fraction of sp³-hybridized carbons (Fsp3) is 0.833. The molecule has 0 N–H and O–H groups in total. The van der Waals surface area contributed by atoms with Crippen LogP contribution in [0.5, 0.6) is 0 Å². The Bertz CT molecular complexity index is 311. The lowest BCUT2D eigenvalue weighted by molar-refractivity contribution is -0.160. The van der Waals surface area contributed by atoms with Crippen molar-refractivity contribution >= 4 is 11.9 Å². The Kier molecular flexibility index (Phi) is 4.11. The highest BCUT2D eigenvalue weighted by atomic mass is 19.1. The normalized spacial score (nSPS) is 22.8. The molecule has 17 heavy (non-hydrogen) atoms. The first-order valence-electron chi connectivity index (χ1n) is 5.87. The predicted octanol–water partition coefficient (Wildman–Crippen LogP) is 1.74. The molecule has 1 aliphatic heterocycles. The highest BCUT2D eigenvalue weighted by Gasteiger charge is 2.42. The van der Waals surface area contributed by atoms with Crippen LogP contribution >= 0.6 is 0 Å². The molecule has 0 spiro atoms. The van der Waals surface area contributed by atoms with Crippen LogP contribution in [-0.2, 0) is 14.3 Å². The summed E-state index contributed by atoms with van der Waals surface area (Å²) in [7, 11) is 0. The first kappa shape index (κ1) is 13.9. The van der Waals surface area contributed by atoms with E-state index in [4.69, 9.17) is 0 Å². The van der Waals surface area contributed by atoms with Crippen molar-refractivity contribution in [3.05, 3.63) is 0 Å². The van der Waals surface area contributed by atoms with Gasteiger partial charge in [-0.1, -0.05) is 20.8 Å². The van der Waals surface area contributed by atoms with Crippen LogP contribution in [-0.4, -0.2) is 36.2 Å². The van der Waals surface area contributed by atoms with Gasteiger partial charge in [0.05, 0.1) is 6.61 Å². The zero-order chi connectivity index (χ0) is 13.2. The van der Waals surface area contributed by atoms with E-state index >= 15 is 0 Å². The van der Waals surface area contributed by atoms with Crippen LogP contribution in [0.3, 0.4) is 0 Å². The molecule has 0 saturated carbocycles. The number of carbonyl (C=O) groups is 2. The maximum atomic E-state index is 13.7. The number of ether oxygens (including phenoxy) is 1. The molecule has 0 aromatic heterocycles. The van der Waals surface area contributed by atoms with Gasteiger partial charge in [0.15, 0.2) is 0 Å². The van der Waals surface area contributed by atoms with Crippen LogP contribution in [0.1, 0.15) is 34.1 Å². The summed E-state index contributed by atoms with van der Waals surface area (Å²) in [4.78, 5) is 23.9. The van der Waals surface area contributed by atoms with Crippen LogP contribution in [0.15, 0.2) is 0 Å². The quantitative estimate of drug-likeness (QED) is 0.562. The van der Waals surface area contributed by atoms with Gasteiger partial charge in [0.25, 0.3) is 6.30 Å². The van der Waals surface area contributed by atoms with Gasteiger partial charge in [-0.25, -0.2) is 9.18 Å². The number of rotatable bonds is 3. The van der Waals surface area contributed by atoms with Gasteiger partial charge < -0.3 is 9.64 Å². The summed E-state index contributed by atoms with van der Waals surface area (Å²) in [5.74, 6) is -1.22. The fourth-order valence-electron chi connectivity index (χ4n) is 1.87. The molecule has 2 atom stereocenters. The van der Waals surface area contributed by atoms with Crippen LogP contribution < -0.4 is 0 Å². The zero-order valence-electron chi connectivity index (χ0n) is 10.8. The largest absolute Gasteiger partial charge is 0.462 e. The number of carbonyl (C=O) groups excluding carboxylic acids is 2. The van der Waals surface area contributed by atoms with Crippen molar-refractivity contribution < 1.29 is 18.7 Å². The Morgan fingerprint density at radius 1 is 1.59 bits per heavy atom. The molecule has 98 valence electrons. The zero-order valence-corrected chi connectivity index (χ0v) is 10.8. The average molecular weight is 245 g/mol. The molecule has 0 bridgehead atoms. The lowest BCUT2D eigenvalue weighted by Crippen LogP contribution is -2.40. The fourth-order valence-corrected chi connectivity index (χ4v) is 1.87. The van der Waals surface area contributed by atoms with E-state index in [1.807, 2.05) is 20.8 Å². The van der Waals surface area contributed by atoms with E-state index in [9.17, 15) is 14.0 Å². The van der Waals surface area contributed by atoms with E-state index in [0.29, 0.717) is 6.42 Å². The molecule has 1 saturated heterocycles. The molecular weight excluding hydrogens is 225 g/mol. The lowest BCUT2D eigenvalue weighted by atomic mass is 9.80. The molecule has 1 fully saturated rings. The van der Waals surface area contributed by atoms with E-state index in [1.165, 1.54) is 0 Å². The van der Waals surface area contributed by atoms with Gasteiger partial charge >= 0.3 is 5.97 Å². The highest BCUT2D eigenvalue weighted by molar-refractivity contribution is 5.85. The third-order valence-electron chi connectivity index (χ3n) is 3.14. The van der Waals surface area contributed by atoms with Crippen molar-refractivity contribution in [3.63, 3.8) is 0 Å². The molecule has 1 aliphatic rings. The molecular formula is C12H20FNO3. The first-order valence-corrected chi connectivity index (χ1v) is 5.87. The number of amides is 1. The molecule has 0 aliphatic carbocycles. The third kappa shape index (κ3) is 3.17. The Balaban J connectivity index is 2.68. The maximum Gasteiger partial charge on any atom is 0.362 e.